The summed E-state index contributed by atoms with van der Waals surface area (Å²) < 4.78 is 5.11. The lowest BCUT2D eigenvalue weighted by molar-refractivity contribution is 0.377. The minimum absolute atomic E-state index is 0.130. The number of pyridine rings is 1. The van der Waals surface area contributed by atoms with Gasteiger partial charge in [-0.15, -0.1) is 0 Å². The summed E-state index contributed by atoms with van der Waals surface area (Å²) in [6.07, 6.45) is 3.89. The highest BCUT2D eigenvalue weighted by molar-refractivity contribution is 7.97. The van der Waals surface area contributed by atoms with Crippen LogP contribution >= 0.6 is 11.8 Å². The van der Waals surface area contributed by atoms with E-state index in [0.29, 0.717) is 6.01 Å². The number of aromatic nitrogens is 3. The van der Waals surface area contributed by atoms with Gasteiger partial charge in [0.15, 0.2) is 0 Å². The molecule has 2 aromatic rings. The Labute approximate surface area is 136 Å². The summed E-state index contributed by atoms with van der Waals surface area (Å²) in [6, 6.07) is 4.68. The molecule has 22 heavy (non-hydrogen) atoms. The molecule has 2 heterocycles. The fourth-order valence-electron chi connectivity index (χ4n) is 2.02. The van der Waals surface area contributed by atoms with Crippen molar-refractivity contribution in [3.8, 4) is 6.01 Å². The van der Waals surface area contributed by atoms with E-state index < -0.39 is 0 Å². The number of methoxy groups -OCH3 is 1. The molecule has 0 aliphatic rings. The van der Waals surface area contributed by atoms with Gasteiger partial charge in [-0.05, 0) is 29.5 Å². The molecule has 0 unspecified atom stereocenters. The lowest BCUT2D eigenvalue weighted by Crippen LogP contribution is -2.11. The van der Waals surface area contributed by atoms with E-state index in [0.717, 1.165) is 22.9 Å². The molecule has 0 bridgehead atoms. The van der Waals surface area contributed by atoms with Gasteiger partial charge in [0, 0.05) is 29.6 Å². The molecule has 0 fully saturated rings. The number of nitrogens with zero attached hydrogens (tertiary/aromatic N) is 3. The summed E-state index contributed by atoms with van der Waals surface area (Å²) in [7, 11) is 1.59. The second-order valence-electron chi connectivity index (χ2n) is 6.31. The van der Waals surface area contributed by atoms with Crippen molar-refractivity contribution in [3.63, 3.8) is 0 Å². The molecule has 2 aromatic heterocycles. The molecule has 4 nitrogen and oxygen atoms in total. The Hall–Kier alpha value is -1.62. The van der Waals surface area contributed by atoms with Crippen LogP contribution in [0.4, 0.5) is 0 Å². The van der Waals surface area contributed by atoms with Gasteiger partial charge in [0.2, 0.25) is 0 Å². The van der Waals surface area contributed by atoms with Crippen LogP contribution in [0.3, 0.4) is 0 Å². The van der Waals surface area contributed by atoms with Crippen LogP contribution in [0.1, 0.15) is 43.3 Å². The summed E-state index contributed by atoms with van der Waals surface area (Å²) in [5.74, 6) is 1.75. The highest BCUT2D eigenvalue weighted by Crippen LogP contribution is 2.24. The van der Waals surface area contributed by atoms with E-state index >= 15 is 0 Å². The fraction of sp³-hybridized carbons (Fsp3) is 0.471. The van der Waals surface area contributed by atoms with Crippen LogP contribution in [0.15, 0.2) is 24.5 Å². The standard InChI is InChI=1S/C17H23N3OS/c1-12-6-15(20-16(19-12)21-5)11-22-10-13-7-14(9-18-8-13)17(2,3)4/h6-9H,10-11H2,1-5H3. The molecule has 0 saturated heterocycles. The fourth-order valence-corrected chi connectivity index (χ4v) is 2.87. The minimum Gasteiger partial charge on any atom is -0.467 e. The highest BCUT2D eigenvalue weighted by Gasteiger charge is 2.14. The molecule has 0 aliphatic carbocycles. The quantitative estimate of drug-likeness (QED) is 0.836. The Balaban J connectivity index is 1.98. The van der Waals surface area contributed by atoms with Crippen molar-refractivity contribution in [2.45, 2.75) is 44.6 Å². The van der Waals surface area contributed by atoms with Gasteiger partial charge in [-0.25, -0.2) is 4.98 Å². The first-order valence-corrected chi connectivity index (χ1v) is 8.44. The largest absolute Gasteiger partial charge is 0.467 e. The summed E-state index contributed by atoms with van der Waals surface area (Å²) in [5.41, 5.74) is 4.57. The predicted octanol–water partition coefficient (Wildman–Crippen LogP) is 3.92. The average Bonchev–Trinajstić information content (AvgIpc) is 2.46. The molecule has 118 valence electrons. The number of hydrogen-bond donors (Lipinski definition) is 0. The first-order chi connectivity index (χ1) is 10.4. The average molecular weight is 317 g/mol. The van der Waals surface area contributed by atoms with E-state index in [4.69, 9.17) is 4.74 Å². The van der Waals surface area contributed by atoms with E-state index in [2.05, 4.69) is 41.8 Å². The van der Waals surface area contributed by atoms with Gasteiger partial charge in [-0.1, -0.05) is 26.8 Å². The second-order valence-corrected chi connectivity index (χ2v) is 7.30. The number of thioether (sulfide) groups is 1. The zero-order valence-corrected chi connectivity index (χ0v) is 14.7. The van der Waals surface area contributed by atoms with E-state index in [9.17, 15) is 0 Å². The molecule has 0 saturated carbocycles. The highest BCUT2D eigenvalue weighted by atomic mass is 32.2. The van der Waals surface area contributed by atoms with Crippen LogP contribution in [0.5, 0.6) is 6.01 Å². The van der Waals surface area contributed by atoms with Crippen LogP contribution in [-0.2, 0) is 16.9 Å². The molecule has 0 spiro atoms. The summed E-state index contributed by atoms with van der Waals surface area (Å²) in [5, 5.41) is 0. The molecule has 0 aromatic carbocycles. The van der Waals surface area contributed by atoms with Gasteiger partial charge in [-0.2, -0.15) is 16.7 Å². The van der Waals surface area contributed by atoms with Crippen LogP contribution in [-0.4, -0.2) is 22.1 Å². The minimum atomic E-state index is 0.130. The molecular weight excluding hydrogens is 294 g/mol. The summed E-state index contributed by atoms with van der Waals surface area (Å²) >= 11 is 1.82. The SMILES string of the molecule is COc1nc(C)cc(CSCc2cncc(C(C)(C)C)c2)n1. The Morgan fingerprint density at radius 1 is 1.09 bits per heavy atom. The Morgan fingerprint density at radius 2 is 1.86 bits per heavy atom. The Bertz CT molecular complexity index is 638. The second kappa shape index (κ2) is 7.09. The van der Waals surface area contributed by atoms with Crippen LogP contribution in [0.25, 0.3) is 0 Å². The van der Waals surface area contributed by atoms with Crippen molar-refractivity contribution in [2.24, 2.45) is 0 Å². The first-order valence-electron chi connectivity index (χ1n) is 7.29. The summed E-state index contributed by atoms with van der Waals surface area (Å²) in [4.78, 5) is 12.9. The Kier molecular flexibility index (Phi) is 5.40. The molecule has 0 atom stereocenters. The lowest BCUT2D eigenvalue weighted by Gasteiger charge is -2.19. The zero-order chi connectivity index (χ0) is 16.2. The zero-order valence-electron chi connectivity index (χ0n) is 13.9. The van der Waals surface area contributed by atoms with Crippen LogP contribution in [0, 0.1) is 6.92 Å². The van der Waals surface area contributed by atoms with Crippen molar-refractivity contribution in [1.29, 1.82) is 0 Å². The van der Waals surface area contributed by atoms with Gasteiger partial charge in [-0.3, -0.25) is 4.98 Å². The van der Waals surface area contributed by atoms with E-state index in [1.165, 1.54) is 11.1 Å². The third-order valence-electron chi connectivity index (χ3n) is 3.25. The van der Waals surface area contributed by atoms with Crippen LogP contribution < -0.4 is 4.74 Å². The van der Waals surface area contributed by atoms with Gasteiger partial charge in [0.1, 0.15) is 0 Å². The smallest absolute Gasteiger partial charge is 0.316 e. The maximum absolute atomic E-state index is 5.11. The molecule has 0 N–H and O–H groups in total. The monoisotopic (exact) mass is 317 g/mol. The van der Waals surface area contributed by atoms with Crippen molar-refractivity contribution >= 4 is 11.8 Å². The number of rotatable bonds is 5. The topological polar surface area (TPSA) is 47.9 Å². The maximum atomic E-state index is 5.11. The van der Waals surface area contributed by atoms with Crippen molar-refractivity contribution in [1.82, 2.24) is 15.0 Å². The predicted molar refractivity (Wildman–Crippen MR) is 91.3 cm³/mol. The Morgan fingerprint density at radius 3 is 2.55 bits per heavy atom. The van der Waals surface area contributed by atoms with Crippen molar-refractivity contribution < 1.29 is 4.74 Å². The van der Waals surface area contributed by atoms with Crippen molar-refractivity contribution in [2.75, 3.05) is 7.11 Å². The van der Waals surface area contributed by atoms with E-state index in [1.807, 2.05) is 37.1 Å². The normalized spacial score (nSPS) is 11.5. The summed E-state index contributed by atoms with van der Waals surface area (Å²) in [6.45, 7) is 8.57. The third-order valence-corrected chi connectivity index (χ3v) is 4.29. The number of hydrogen-bond acceptors (Lipinski definition) is 5. The third kappa shape index (κ3) is 4.70. The number of ether oxygens (including phenoxy) is 1. The number of aryl methyl sites for hydroxylation is 1. The van der Waals surface area contributed by atoms with Crippen LogP contribution in [0.2, 0.25) is 0 Å². The van der Waals surface area contributed by atoms with E-state index in [-0.39, 0.29) is 5.41 Å². The first kappa shape index (κ1) is 16.7. The maximum Gasteiger partial charge on any atom is 0.316 e. The molecule has 0 radical (unpaired) electrons. The van der Waals surface area contributed by atoms with Crippen molar-refractivity contribution in [3.05, 3.63) is 47.0 Å². The molecule has 0 amide bonds. The van der Waals surface area contributed by atoms with Gasteiger partial charge in [0.25, 0.3) is 0 Å². The van der Waals surface area contributed by atoms with Gasteiger partial charge in [0.05, 0.1) is 12.8 Å². The lowest BCUT2D eigenvalue weighted by atomic mass is 9.88. The van der Waals surface area contributed by atoms with E-state index in [1.54, 1.807) is 7.11 Å². The molecular formula is C17H23N3OS. The molecule has 5 heteroatoms. The molecule has 0 aliphatic heterocycles. The molecule has 2 rings (SSSR count). The van der Waals surface area contributed by atoms with Gasteiger partial charge < -0.3 is 4.74 Å². The van der Waals surface area contributed by atoms with Gasteiger partial charge >= 0.3 is 6.01 Å².